The Morgan fingerprint density at radius 1 is 1.06 bits per heavy atom. The first-order valence-electron chi connectivity index (χ1n) is 10.1. The third-order valence-corrected chi connectivity index (χ3v) is 7.57. The van der Waals surface area contributed by atoms with E-state index in [2.05, 4.69) is 10.5 Å². The third-order valence-electron chi connectivity index (χ3n) is 4.93. The Labute approximate surface area is 195 Å². The van der Waals surface area contributed by atoms with Crippen molar-refractivity contribution in [2.75, 3.05) is 18.5 Å². The number of rotatable bonds is 7. The molecule has 7 nitrogen and oxygen atoms in total. The summed E-state index contributed by atoms with van der Waals surface area (Å²) in [6.07, 6.45) is 3.25. The lowest BCUT2D eigenvalue weighted by Crippen LogP contribution is -2.12. The number of aryl methyl sites for hydroxylation is 1. The van der Waals surface area contributed by atoms with Crippen LogP contribution >= 0.6 is 30.8 Å². The molecule has 2 aromatic carbocycles. The number of amides is 1. The molecule has 168 valence electrons. The molecule has 0 bridgehead atoms. The summed E-state index contributed by atoms with van der Waals surface area (Å²) in [6, 6.07) is 12.3. The first-order valence-corrected chi connectivity index (χ1v) is 12.6. The summed E-state index contributed by atoms with van der Waals surface area (Å²) in [5.41, 5.74) is 3.01. The van der Waals surface area contributed by atoms with E-state index >= 15 is 0 Å². The van der Waals surface area contributed by atoms with Gasteiger partial charge in [-0.3, -0.25) is 9.36 Å². The molecule has 10 heteroatoms. The normalized spacial score (nSPS) is 15.4. The summed E-state index contributed by atoms with van der Waals surface area (Å²) >= 11 is 12.1. The maximum absolute atomic E-state index is 12.5. The van der Waals surface area contributed by atoms with Gasteiger partial charge in [-0.05, 0) is 48.7 Å². The quantitative estimate of drug-likeness (QED) is 0.384. The number of benzene rings is 2. The van der Waals surface area contributed by atoms with Crippen molar-refractivity contribution in [3.05, 3.63) is 69.8 Å². The van der Waals surface area contributed by atoms with Crippen molar-refractivity contribution in [2.24, 2.45) is 0 Å². The molecule has 0 atom stereocenters. The van der Waals surface area contributed by atoms with Crippen LogP contribution in [-0.4, -0.2) is 24.3 Å². The topological polar surface area (TPSA) is 90.7 Å². The minimum absolute atomic E-state index is 0.147. The average molecular weight is 495 g/mol. The molecule has 3 aromatic rings. The SMILES string of the molecule is O=C(CCc1cnoc1-c1ccc(Cl)c(Cl)c1)Nc1ccc(CP2(=O)OCCCO2)cc1. The van der Waals surface area contributed by atoms with Gasteiger partial charge in [0, 0.05) is 23.2 Å². The maximum atomic E-state index is 12.5. The number of aromatic nitrogens is 1. The van der Waals surface area contributed by atoms with Crippen molar-refractivity contribution in [3.63, 3.8) is 0 Å². The van der Waals surface area contributed by atoms with Gasteiger partial charge in [-0.15, -0.1) is 0 Å². The summed E-state index contributed by atoms with van der Waals surface area (Å²) < 4.78 is 28.5. The minimum Gasteiger partial charge on any atom is -0.356 e. The van der Waals surface area contributed by atoms with Crippen molar-refractivity contribution in [2.45, 2.75) is 25.4 Å². The predicted octanol–water partition coefficient (Wildman–Crippen LogP) is 6.35. The number of nitrogens with zero attached hydrogens (tertiary/aromatic N) is 1. The predicted molar refractivity (Wildman–Crippen MR) is 123 cm³/mol. The van der Waals surface area contributed by atoms with E-state index in [0.717, 1.165) is 23.1 Å². The van der Waals surface area contributed by atoms with Crippen LogP contribution in [0.2, 0.25) is 10.0 Å². The fourth-order valence-electron chi connectivity index (χ4n) is 3.30. The Hall–Kier alpha value is -2.15. The number of nitrogens with one attached hydrogen (secondary N) is 1. The highest BCUT2D eigenvalue weighted by Crippen LogP contribution is 2.53. The van der Waals surface area contributed by atoms with Crippen LogP contribution in [0.5, 0.6) is 0 Å². The number of halogens is 2. The lowest BCUT2D eigenvalue weighted by Gasteiger charge is -2.22. The van der Waals surface area contributed by atoms with Crippen LogP contribution in [-0.2, 0) is 31.0 Å². The first kappa shape index (κ1) is 23.0. The van der Waals surface area contributed by atoms with Crippen LogP contribution in [0.25, 0.3) is 11.3 Å². The average Bonchev–Trinajstić information content (AvgIpc) is 3.25. The van der Waals surface area contributed by atoms with E-state index < -0.39 is 7.60 Å². The Morgan fingerprint density at radius 2 is 1.81 bits per heavy atom. The molecular formula is C22H21Cl2N2O5P. The minimum atomic E-state index is -3.07. The molecule has 0 unspecified atom stereocenters. The molecule has 1 aromatic heterocycles. The van der Waals surface area contributed by atoms with Gasteiger partial charge in [-0.2, -0.15) is 0 Å². The highest BCUT2D eigenvalue weighted by atomic mass is 35.5. The molecule has 0 radical (unpaired) electrons. The van der Waals surface area contributed by atoms with Crippen molar-refractivity contribution < 1.29 is 22.9 Å². The zero-order chi connectivity index (χ0) is 22.6. The van der Waals surface area contributed by atoms with Crippen molar-refractivity contribution in [1.82, 2.24) is 5.16 Å². The molecule has 1 amide bonds. The second-order valence-corrected chi connectivity index (χ2v) is 10.2. The molecule has 1 saturated heterocycles. The van der Waals surface area contributed by atoms with Gasteiger partial charge in [0.05, 0.1) is 35.6 Å². The smallest absolute Gasteiger partial charge is 0.335 e. The molecule has 2 heterocycles. The fourth-order valence-corrected chi connectivity index (χ4v) is 5.32. The van der Waals surface area contributed by atoms with E-state index in [1.807, 2.05) is 0 Å². The number of carbonyl (C=O) groups excluding carboxylic acids is 1. The van der Waals surface area contributed by atoms with Crippen molar-refractivity contribution in [1.29, 1.82) is 0 Å². The van der Waals surface area contributed by atoms with Crippen LogP contribution in [0.3, 0.4) is 0 Å². The Bertz CT molecular complexity index is 1140. The monoisotopic (exact) mass is 494 g/mol. The second-order valence-electron chi connectivity index (χ2n) is 7.34. The van der Waals surface area contributed by atoms with E-state index in [1.165, 1.54) is 0 Å². The van der Waals surface area contributed by atoms with Crippen molar-refractivity contribution >= 4 is 42.4 Å². The lowest BCUT2D eigenvalue weighted by molar-refractivity contribution is -0.116. The van der Waals surface area contributed by atoms with Gasteiger partial charge < -0.3 is 18.9 Å². The Kier molecular flexibility index (Phi) is 7.33. The summed E-state index contributed by atoms with van der Waals surface area (Å²) in [5, 5.41) is 7.58. The zero-order valence-electron chi connectivity index (χ0n) is 17.1. The molecule has 0 aliphatic carbocycles. The van der Waals surface area contributed by atoms with Crippen LogP contribution in [0.4, 0.5) is 5.69 Å². The molecule has 1 aliphatic heterocycles. The summed E-state index contributed by atoms with van der Waals surface area (Å²) in [4.78, 5) is 12.4. The molecule has 4 rings (SSSR count). The van der Waals surface area contributed by atoms with Crippen molar-refractivity contribution in [3.8, 4) is 11.3 Å². The van der Waals surface area contributed by atoms with Gasteiger partial charge in [0.2, 0.25) is 5.91 Å². The van der Waals surface area contributed by atoms with Gasteiger partial charge in [-0.25, -0.2) is 0 Å². The largest absolute Gasteiger partial charge is 0.356 e. The highest BCUT2D eigenvalue weighted by Gasteiger charge is 2.28. The zero-order valence-corrected chi connectivity index (χ0v) is 19.5. The number of anilines is 1. The van der Waals surface area contributed by atoms with Gasteiger partial charge in [0.25, 0.3) is 0 Å². The Morgan fingerprint density at radius 3 is 2.53 bits per heavy atom. The summed E-state index contributed by atoms with van der Waals surface area (Å²) in [5.74, 6) is 0.411. The number of hydrogen-bond donors (Lipinski definition) is 1. The molecule has 1 aliphatic rings. The van der Waals surface area contributed by atoms with Crippen LogP contribution in [0.1, 0.15) is 24.0 Å². The van der Waals surface area contributed by atoms with Gasteiger partial charge in [0.15, 0.2) is 5.76 Å². The van der Waals surface area contributed by atoms with E-state index in [4.69, 9.17) is 36.8 Å². The number of hydrogen-bond acceptors (Lipinski definition) is 6. The molecule has 1 fully saturated rings. The standard InChI is InChI=1S/C22H21Cl2N2O5P/c23-19-8-4-16(12-20(19)24)22-17(13-25-31-22)5-9-21(27)26-18-6-2-15(3-7-18)14-32(28)29-10-1-11-30-32/h2-4,6-8,12-13H,1,5,9-11,14H2,(H,26,27). The summed E-state index contributed by atoms with van der Waals surface area (Å²) in [6.45, 7) is 0.898. The van der Waals surface area contributed by atoms with E-state index in [-0.39, 0.29) is 18.5 Å². The molecular weight excluding hydrogens is 474 g/mol. The third kappa shape index (κ3) is 5.80. The van der Waals surface area contributed by atoms with Crippen LogP contribution < -0.4 is 5.32 Å². The van der Waals surface area contributed by atoms with Gasteiger partial charge >= 0.3 is 7.60 Å². The van der Waals surface area contributed by atoms with E-state index in [0.29, 0.717) is 41.1 Å². The van der Waals surface area contributed by atoms with E-state index in [9.17, 15) is 9.36 Å². The summed E-state index contributed by atoms with van der Waals surface area (Å²) in [7, 11) is -3.07. The van der Waals surface area contributed by atoms with Gasteiger partial charge in [-0.1, -0.05) is 40.5 Å². The molecule has 1 N–H and O–H groups in total. The fraction of sp³-hybridized carbons (Fsp3) is 0.273. The van der Waals surface area contributed by atoms with Crippen LogP contribution in [0.15, 0.2) is 53.2 Å². The number of carbonyl (C=O) groups is 1. The van der Waals surface area contributed by atoms with Gasteiger partial charge in [0.1, 0.15) is 0 Å². The molecule has 0 spiro atoms. The maximum Gasteiger partial charge on any atom is 0.335 e. The lowest BCUT2D eigenvalue weighted by atomic mass is 10.1. The van der Waals surface area contributed by atoms with E-state index in [1.54, 1.807) is 48.7 Å². The first-order chi connectivity index (χ1) is 15.4. The molecule has 0 saturated carbocycles. The molecule has 32 heavy (non-hydrogen) atoms. The Balaban J connectivity index is 1.32. The highest BCUT2D eigenvalue weighted by molar-refractivity contribution is 7.53. The second kappa shape index (κ2) is 10.2. The van der Waals surface area contributed by atoms with Crippen LogP contribution in [0, 0.1) is 0 Å².